The van der Waals surface area contributed by atoms with Gasteiger partial charge in [0.1, 0.15) is 0 Å². The molecule has 1 aliphatic heterocycles. The predicted molar refractivity (Wildman–Crippen MR) is 132 cm³/mol. The van der Waals surface area contributed by atoms with Crippen molar-refractivity contribution in [2.24, 2.45) is 10.9 Å². The highest BCUT2D eigenvalue weighted by Crippen LogP contribution is 2.28. The number of aliphatic imine (C=N–C) groups is 1. The molecule has 1 saturated heterocycles. The minimum Gasteiger partial charge on any atom is -0.493 e. The van der Waals surface area contributed by atoms with E-state index in [-0.39, 0.29) is 24.0 Å². The molecule has 166 valence electrons. The van der Waals surface area contributed by atoms with E-state index in [4.69, 9.17) is 9.47 Å². The van der Waals surface area contributed by atoms with Crippen molar-refractivity contribution in [1.82, 2.24) is 15.5 Å². The van der Waals surface area contributed by atoms with Crippen LogP contribution in [0.15, 0.2) is 23.2 Å². The monoisotopic (exact) mass is 518 g/mol. The number of nitrogens with one attached hydrogen (secondary N) is 2. The van der Waals surface area contributed by atoms with Crippen LogP contribution < -0.4 is 20.1 Å². The van der Waals surface area contributed by atoms with Crippen LogP contribution in [0.3, 0.4) is 0 Å². The molecule has 0 radical (unpaired) electrons. The first-order valence-electron chi connectivity index (χ1n) is 10.5. The van der Waals surface area contributed by atoms with Gasteiger partial charge in [-0.1, -0.05) is 13.0 Å². The molecule has 1 heterocycles. The van der Waals surface area contributed by atoms with Crippen molar-refractivity contribution < 1.29 is 9.47 Å². The van der Waals surface area contributed by atoms with Crippen molar-refractivity contribution in [3.63, 3.8) is 0 Å². The molecule has 2 N–H and O–H groups in total. The van der Waals surface area contributed by atoms with Gasteiger partial charge in [-0.15, -0.1) is 24.0 Å². The van der Waals surface area contributed by atoms with Crippen LogP contribution in [0, 0.1) is 5.92 Å². The summed E-state index contributed by atoms with van der Waals surface area (Å²) in [6, 6.07) is 7.21. The maximum absolute atomic E-state index is 5.67. The lowest BCUT2D eigenvalue weighted by atomic mass is 10.1. The highest BCUT2D eigenvalue weighted by Gasteiger charge is 2.31. The van der Waals surface area contributed by atoms with E-state index in [2.05, 4.69) is 53.4 Å². The first-order valence-corrected chi connectivity index (χ1v) is 10.5. The van der Waals surface area contributed by atoms with Gasteiger partial charge in [0, 0.05) is 38.8 Å². The van der Waals surface area contributed by atoms with Crippen molar-refractivity contribution in [3.8, 4) is 11.5 Å². The van der Waals surface area contributed by atoms with E-state index in [0.29, 0.717) is 24.6 Å². The first-order chi connectivity index (χ1) is 13.5. The fraction of sp³-hybridized carbons (Fsp3) is 0.682. The van der Waals surface area contributed by atoms with Crippen LogP contribution >= 0.6 is 24.0 Å². The van der Waals surface area contributed by atoms with Crippen LogP contribution in [0.2, 0.25) is 0 Å². The average molecular weight is 518 g/mol. The number of nitrogens with zero attached hydrogens (tertiary/aromatic N) is 2. The largest absolute Gasteiger partial charge is 0.493 e. The number of methoxy groups -OCH3 is 1. The van der Waals surface area contributed by atoms with Crippen molar-refractivity contribution >= 4 is 29.9 Å². The molecule has 29 heavy (non-hydrogen) atoms. The van der Waals surface area contributed by atoms with Gasteiger partial charge in [-0.05, 0) is 57.2 Å². The second kappa shape index (κ2) is 13.2. The average Bonchev–Trinajstić information content (AvgIpc) is 3.05. The summed E-state index contributed by atoms with van der Waals surface area (Å²) in [6.45, 7) is 12.6. The molecular formula is C22H39IN4O2. The molecule has 2 unspecified atom stereocenters. The van der Waals surface area contributed by atoms with Gasteiger partial charge in [0.2, 0.25) is 0 Å². The van der Waals surface area contributed by atoms with E-state index in [9.17, 15) is 0 Å². The summed E-state index contributed by atoms with van der Waals surface area (Å²) in [5, 5.41) is 7.06. The van der Waals surface area contributed by atoms with E-state index in [1.165, 1.54) is 5.56 Å². The molecule has 1 aromatic rings. The second-order valence-electron chi connectivity index (χ2n) is 7.80. The molecule has 1 aromatic carbocycles. The van der Waals surface area contributed by atoms with Gasteiger partial charge in [0.25, 0.3) is 0 Å². The van der Waals surface area contributed by atoms with Gasteiger partial charge in [-0.3, -0.25) is 9.89 Å². The number of ether oxygens (including phenoxy) is 2. The minimum atomic E-state index is 0. The number of guanidine groups is 1. The molecule has 0 saturated carbocycles. The fourth-order valence-corrected chi connectivity index (χ4v) is 3.63. The summed E-state index contributed by atoms with van der Waals surface area (Å²) in [5.74, 6) is 3.12. The zero-order valence-corrected chi connectivity index (χ0v) is 21.2. The lowest BCUT2D eigenvalue weighted by Crippen LogP contribution is -2.47. The van der Waals surface area contributed by atoms with Gasteiger partial charge < -0.3 is 20.1 Å². The standard InChI is InChI=1S/C22H38N4O2.HI/c1-7-28-21-13-18(10-11-20(21)27-6)9-8-12-24-22(23-5)25-19-15-26(16(2)3)14-17(19)4;/h10-11,13,16-17,19H,7-9,12,14-15H2,1-6H3,(H2,23,24,25);1H. The Morgan fingerprint density at radius 1 is 1.28 bits per heavy atom. The van der Waals surface area contributed by atoms with Crippen molar-refractivity contribution in [1.29, 1.82) is 0 Å². The summed E-state index contributed by atoms with van der Waals surface area (Å²) in [7, 11) is 3.51. The lowest BCUT2D eigenvalue weighted by molar-refractivity contribution is 0.265. The number of rotatable bonds is 9. The Bertz CT molecular complexity index is 639. The zero-order valence-electron chi connectivity index (χ0n) is 18.8. The molecule has 1 fully saturated rings. The second-order valence-corrected chi connectivity index (χ2v) is 7.80. The summed E-state index contributed by atoms with van der Waals surface area (Å²) in [4.78, 5) is 6.92. The normalized spacial score (nSPS) is 19.8. The van der Waals surface area contributed by atoms with Gasteiger partial charge in [0.15, 0.2) is 17.5 Å². The van der Waals surface area contributed by atoms with Crippen molar-refractivity contribution in [3.05, 3.63) is 23.8 Å². The molecule has 2 rings (SSSR count). The van der Waals surface area contributed by atoms with Crippen LogP contribution in [0.25, 0.3) is 0 Å². The summed E-state index contributed by atoms with van der Waals surface area (Å²) in [6.07, 6.45) is 2.01. The molecular weight excluding hydrogens is 479 g/mol. The molecule has 0 aromatic heterocycles. The third kappa shape index (κ3) is 7.85. The SMILES string of the molecule is CCOc1cc(CCCNC(=NC)NC2CN(C(C)C)CC2C)ccc1OC.I. The quantitative estimate of drug-likeness (QED) is 0.227. The zero-order chi connectivity index (χ0) is 20.5. The number of likely N-dealkylation sites (tertiary alicyclic amines) is 1. The topological polar surface area (TPSA) is 58.1 Å². The molecule has 0 bridgehead atoms. The van der Waals surface area contributed by atoms with Crippen molar-refractivity contribution in [2.45, 2.75) is 52.6 Å². The Hall–Kier alpha value is -1.22. The van der Waals surface area contributed by atoms with Crippen LogP contribution in [-0.4, -0.2) is 63.3 Å². The Morgan fingerprint density at radius 3 is 2.62 bits per heavy atom. The van der Waals surface area contributed by atoms with Crippen LogP contribution in [0.4, 0.5) is 0 Å². The highest BCUT2D eigenvalue weighted by atomic mass is 127. The van der Waals surface area contributed by atoms with Crippen molar-refractivity contribution in [2.75, 3.05) is 40.4 Å². The smallest absolute Gasteiger partial charge is 0.191 e. The van der Waals surface area contributed by atoms with Gasteiger partial charge >= 0.3 is 0 Å². The molecule has 0 amide bonds. The number of halogens is 1. The fourth-order valence-electron chi connectivity index (χ4n) is 3.63. The van der Waals surface area contributed by atoms with Gasteiger partial charge in [-0.25, -0.2) is 0 Å². The highest BCUT2D eigenvalue weighted by molar-refractivity contribution is 14.0. The van der Waals surface area contributed by atoms with E-state index in [0.717, 1.165) is 49.9 Å². The van der Waals surface area contributed by atoms with Crippen LogP contribution in [0.1, 0.15) is 39.7 Å². The van der Waals surface area contributed by atoms with Crippen LogP contribution in [0.5, 0.6) is 11.5 Å². The predicted octanol–water partition coefficient (Wildman–Crippen LogP) is 3.54. The summed E-state index contributed by atoms with van der Waals surface area (Å²) in [5.41, 5.74) is 1.26. The number of hydrogen-bond donors (Lipinski definition) is 2. The van der Waals surface area contributed by atoms with E-state index < -0.39 is 0 Å². The molecule has 1 aliphatic rings. The third-order valence-electron chi connectivity index (χ3n) is 5.38. The van der Waals surface area contributed by atoms with Gasteiger partial charge in [0.05, 0.1) is 13.7 Å². The van der Waals surface area contributed by atoms with E-state index in [1.807, 2.05) is 20.0 Å². The van der Waals surface area contributed by atoms with Gasteiger partial charge in [-0.2, -0.15) is 0 Å². The van der Waals surface area contributed by atoms with E-state index in [1.54, 1.807) is 7.11 Å². The number of hydrogen-bond acceptors (Lipinski definition) is 4. The number of aryl methyl sites for hydroxylation is 1. The Balaban J connectivity index is 0.00000420. The maximum atomic E-state index is 5.67. The van der Waals surface area contributed by atoms with Crippen LogP contribution in [-0.2, 0) is 6.42 Å². The third-order valence-corrected chi connectivity index (χ3v) is 5.38. The first kappa shape index (κ1) is 25.8. The lowest BCUT2D eigenvalue weighted by Gasteiger charge is -2.22. The Labute approximate surface area is 193 Å². The minimum absolute atomic E-state index is 0. The Kier molecular flexibility index (Phi) is 11.7. The summed E-state index contributed by atoms with van der Waals surface area (Å²) < 4.78 is 11.0. The molecule has 2 atom stereocenters. The van der Waals surface area contributed by atoms with E-state index >= 15 is 0 Å². The molecule has 7 heteroatoms. The molecule has 6 nitrogen and oxygen atoms in total. The molecule has 0 aliphatic carbocycles. The maximum Gasteiger partial charge on any atom is 0.191 e. The Morgan fingerprint density at radius 2 is 2.03 bits per heavy atom. The summed E-state index contributed by atoms with van der Waals surface area (Å²) >= 11 is 0. The number of benzene rings is 1. The molecule has 0 spiro atoms.